The minimum absolute atomic E-state index is 0.0101. The molecular weight excluding hydrogens is 390 g/mol. The number of hydrogen-bond acceptors (Lipinski definition) is 4. The number of guanidine groups is 1. The van der Waals surface area contributed by atoms with Crippen LogP contribution >= 0.6 is 11.6 Å². The molecule has 0 radical (unpaired) electrons. The Bertz CT molecular complexity index is 711. The molecule has 2 aliphatic heterocycles. The highest BCUT2D eigenvalue weighted by molar-refractivity contribution is 6.31. The van der Waals surface area contributed by atoms with Gasteiger partial charge in [0.1, 0.15) is 0 Å². The first kappa shape index (κ1) is 21.9. The Morgan fingerprint density at radius 2 is 2.00 bits per heavy atom. The smallest absolute Gasteiger partial charge is 0.308 e. The van der Waals surface area contributed by atoms with Gasteiger partial charge in [0.25, 0.3) is 0 Å². The van der Waals surface area contributed by atoms with E-state index in [1.54, 1.807) is 0 Å². The van der Waals surface area contributed by atoms with Gasteiger partial charge in [-0.05, 0) is 44.2 Å². The van der Waals surface area contributed by atoms with E-state index < -0.39 is 0 Å². The summed E-state index contributed by atoms with van der Waals surface area (Å²) in [6, 6.07) is 8.10. The van der Waals surface area contributed by atoms with Crippen molar-refractivity contribution in [2.24, 2.45) is 10.9 Å². The van der Waals surface area contributed by atoms with E-state index in [-0.39, 0.29) is 17.3 Å². The zero-order chi connectivity index (χ0) is 20.7. The second-order valence-electron chi connectivity index (χ2n) is 7.83. The first-order chi connectivity index (χ1) is 14.1. The average Bonchev–Trinajstić information content (AvgIpc) is 2.77. The van der Waals surface area contributed by atoms with Crippen molar-refractivity contribution in [3.05, 3.63) is 34.9 Å². The van der Waals surface area contributed by atoms with E-state index in [0.29, 0.717) is 6.54 Å². The molecule has 0 aromatic heterocycles. The Hall–Kier alpha value is -1.79. The summed E-state index contributed by atoms with van der Waals surface area (Å²) in [5.41, 5.74) is 1.05. The molecule has 29 heavy (non-hydrogen) atoms. The number of likely N-dealkylation sites (tertiary alicyclic amines) is 1. The molecule has 0 aliphatic carbocycles. The van der Waals surface area contributed by atoms with Crippen molar-refractivity contribution in [2.75, 3.05) is 46.5 Å². The van der Waals surface area contributed by atoms with E-state index in [0.717, 1.165) is 75.1 Å². The molecule has 7 heteroatoms. The van der Waals surface area contributed by atoms with Crippen LogP contribution in [0.2, 0.25) is 5.02 Å². The van der Waals surface area contributed by atoms with Crippen LogP contribution in [-0.4, -0.2) is 63.3 Å². The number of halogens is 1. The maximum absolute atomic E-state index is 11.8. The number of methoxy groups -OCH3 is 1. The predicted molar refractivity (Wildman–Crippen MR) is 115 cm³/mol. The predicted octanol–water partition coefficient (Wildman–Crippen LogP) is 3.24. The average molecular weight is 422 g/mol. The second kappa shape index (κ2) is 10.3. The Labute approximate surface area is 178 Å². The quantitative estimate of drug-likeness (QED) is 0.449. The molecule has 0 saturated carbocycles. The van der Waals surface area contributed by atoms with Crippen LogP contribution in [-0.2, 0) is 19.7 Å². The van der Waals surface area contributed by atoms with Crippen LogP contribution in [0.15, 0.2) is 29.3 Å². The number of carbonyl (C=O) groups excluding carboxylic acids is 1. The lowest BCUT2D eigenvalue weighted by Crippen LogP contribution is -2.47. The monoisotopic (exact) mass is 421 g/mol. The summed E-state index contributed by atoms with van der Waals surface area (Å²) in [6.45, 7) is 6.59. The van der Waals surface area contributed by atoms with Crippen molar-refractivity contribution in [1.29, 1.82) is 0 Å². The largest absolute Gasteiger partial charge is 0.469 e. The van der Waals surface area contributed by atoms with Crippen LogP contribution in [0.3, 0.4) is 0 Å². The van der Waals surface area contributed by atoms with E-state index in [2.05, 4.69) is 23.2 Å². The van der Waals surface area contributed by atoms with Gasteiger partial charge in [0.2, 0.25) is 0 Å². The van der Waals surface area contributed by atoms with Gasteiger partial charge in [-0.3, -0.25) is 9.79 Å². The molecule has 1 N–H and O–H groups in total. The molecule has 2 aliphatic rings. The first-order valence-electron chi connectivity index (χ1n) is 10.5. The lowest BCUT2D eigenvalue weighted by molar-refractivity contribution is -0.146. The molecule has 160 valence electrons. The van der Waals surface area contributed by atoms with Crippen molar-refractivity contribution < 1.29 is 14.3 Å². The Morgan fingerprint density at radius 1 is 1.31 bits per heavy atom. The second-order valence-corrected chi connectivity index (χ2v) is 8.23. The molecule has 0 spiro atoms. The Balaban J connectivity index is 1.77. The molecule has 0 unspecified atom stereocenters. The summed E-state index contributed by atoms with van der Waals surface area (Å²) in [5.74, 6) is 0.796. The highest BCUT2D eigenvalue weighted by Crippen LogP contribution is 2.39. The molecule has 2 saturated heterocycles. The molecule has 6 nitrogen and oxygen atoms in total. The number of hydrogen-bond donors (Lipinski definition) is 1. The highest BCUT2D eigenvalue weighted by atomic mass is 35.5. The van der Waals surface area contributed by atoms with Crippen LogP contribution in [0.4, 0.5) is 0 Å². The fraction of sp³-hybridized carbons (Fsp3) is 0.636. The highest BCUT2D eigenvalue weighted by Gasteiger charge is 2.36. The van der Waals surface area contributed by atoms with Gasteiger partial charge < -0.3 is 19.7 Å². The number of ether oxygens (including phenoxy) is 2. The third-order valence-corrected chi connectivity index (χ3v) is 6.42. The lowest BCUT2D eigenvalue weighted by Gasteiger charge is -2.38. The number of nitrogens with zero attached hydrogens (tertiary/aromatic N) is 2. The van der Waals surface area contributed by atoms with Crippen LogP contribution in [0, 0.1) is 5.92 Å². The van der Waals surface area contributed by atoms with Gasteiger partial charge in [0.15, 0.2) is 5.96 Å². The maximum atomic E-state index is 11.8. The molecule has 0 atom stereocenters. The van der Waals surface area contributed by atoms with Gasteiger partial charge in [-0.15, -0.1) is 0 Å². The van der Waals surface area contributed by atoms with Crippen molar-refractivity contribution in [2.45, 2.75) is 38.0 Å². The fourth-order valence-electron chi connectivity index (χ4n) is 4.31. The summed E-state index contributed by atoms with van der Waals surface area (Å²) < 4.78 is 10.5. The third-order valence-electron chi connectivity index (χ3n) is 6.09. The first-order valence-corrected chi connectivity index (χ1v) is 10.9. The van der Waals surface area contributed by atoms with Gasteiger partial charge in [0, 0.05) is 43.3 Å². The molecule has 1 aromatic rings. The fourth-order valence-corrected chi connectivity index (χ4v) is 4.65. The van der Waals surface area contributed by atoms with Crippen molar-refractivity contribution in [3.8, 4) is 0 Å². The molecule has 1 aromatic carbocycles. The summed E-state index contributed by atoms with van der Waals surface area (Å²) >= 11 is 6.57. The molecule has 0 amide bonds. The summed E-state index contributed by atoms with van der Waals surface area (Å²) in [6.07, 6.45) is 3.40. The molecule has 3 rings (SSSR count). The number of piperidine rings is 1. The SMILES string of the molecule is CCNC(=NCC1(c2ccccc2Cl)CCOCC1)N1CCC(C(=O)OC)CC1. The van der Waals surface area contributed by atoms with E-state index in [9.17, 15) is 4.79 Å². The molecule has 0 bridgehead atoms. The lowest BCUT2D eigenvalue weighted by atomic mass is 9.74. The van der Waals surface area contributed by atoms with Gasteiger partial charge in [-0.2, -0.15) is 0 Å². The Morgan fingerprint density at radius 3 is 2.62 bits per heavy atom. The minimum Gasteiger partial charge on any atom is -0.469 e. The topological polar surface area (TPSA) is 63.2 Å². The number of rotatable bonds is 5. The normalized spacial score (nSPS) is 20.4. The third kappa shape index (κ3) is 5.23. The van der Waals surface area contributed by atoms with Crippen LogP contribution in [0.5, 0.6) is 0 Å². The number of esters is 1. The van der Waals surface area contributed by atoms with Crippen molar-refractivity contribution in [1.82, 2.24) is 10.2 Å². The van der Waals surface area contributed by atoms with E-state index in [4.69, 9.17) is 26.1 Å². The van der Waals surface area contributed by atoms with Crippen LogP contribution in [0.25, 0.3) is 0 Å². The molecular formula is C22H32ClN3O3. The summed E-state index contributed by atoms with van der Waals surface area (Å²) in [5, 5.41) is 4.23. The van der Waals surface area contributed by atoms with E-state index in [1.165, 1.54) is 7.11 Å². The van der Waals surface area contributed by atoms with E-state index in [1.807, 2.05) is 18.2 Å². The van der Waals surface area contributed by atoms with Crippen molar-refractivity contribution >= 4 is 23.5 Å². The molecule has 2 heterocycles. The maximum Gasteiger partial charge on any atom is 0.308 e. The zero-order valence-corrected chi connectivity index (χ0v) is 18.2. The number of carbonyl (C=O) groups is 1. The van der Waals surface area contributed by atoms with Gasteiger partial charge >= 0.3 is 5.97 Å². The molecule has 2 fully saturated rings. The number of nitrogens with one attached hydrogen (secondary N) is 1. The minimum atomic E-state index is -0.110. The number of benzene rings is 1. The standard InChI is InChI=1S/C22H32ClN3O3/c1-3-24-21(26-12-8-17(9-13-26)20(27)28-2)25-16-22(10-14-29-15-11-22)18-6-4-5-7-19(18)23/h4-7,17H,3,8-16H2,1-2H3,(H,24,25). The summed E-state index contributed by atoms with van der Waals surface area (Å²) in [4.78, 5) is 19.1. The van der Waals surface area contributed by atoms with Crippen LogP contribution in [0.1, 0.15) is 38.2 Å². The van der Waals surface area contributed by atoms with Gasteiger partial charge in [-0.1, -0.05) is 29.8 Å². The van der Waals surface area contributed by atoms with E-state index >= 15 is 0 Å². The number of aliphatic imine (C=N–C) groups is 1. The zero-order valence-electron chi connectivity index (χ0n) is 17.5. The van der Waals surface area contributed by atoms with Gasteiger partial charge in [-0.25, -0.2) is 0 Å². The van der Waals surface area contributed by atoms with Crippen molar-refractivity contribution in [3.63, 3.8) is 0 Å². The van der Waals surface area contributed by atoms with Gasteiger partial charge in [0.05, 0.1) is 19.6 Å². The van der Waals surface area contributed by atoms with Crippen LogP contribution < -0.4 is 5.32 Å². The summed E-state index contributed by atoms with van der Waals surface area (Å²) in [7, 11) is 1.46. The Kier molecular flexibility index (Phi) is 7.78.